The van der Waals surface area contributed by atoms with Crippen molar-refractivity contribution >= 4 is 29.0 Å². The summed E-state index contributed by atoms with van der Waals surface area (Å²) < 4.78 is 3.34. The summed E-state index contributed by atoms with van der Waals surface area (Å²) in [5.74, 6) is 0.573. The molecule has 0 aliphatic heterocycles. The summed E-state index contributed by atoms with van der Waals surface area (Å²) in [5, 5.41) is 0. The minimum Gasteiger partial charge on any atom is -0.358 e. The molecule has 0 N–H and O–H groups in total. The van der Waals surface area contributed by atoms with Crippen molar-refractivity contribution in [2.24, 2.45) is 11.3 Å². The van der Waals surface area contributed by atoms with Gasteiger partial charge in [0.15, 0.2) is 0 Å². The smallest absolute Gasteiger partial charge is 0.358 e. The van der Waals surface area contributed by atoms with Crippen LogP contribution in [0.5, 0.6) is 0 Å². The standard InChI is InChI=1S/C21H25.C13H21.C7H7.CH3.CH2.2ClH.Zr/c1-20(2,3)16-7-9-18-14(12-16)11-15-13-17(21(4,5)6)8-10-19(15)18;1-6-10-8-11(7-2)12(9-10)13(3,4)5;1-7-5-3-2-4-6-7;;;;;/h7-10,12H,11H2,1-6H3;9-10H,6-7H2,1-5H3;3-6H,1H3;1H3;1H2;2*1H;/q4*-1;;;;. The number of hydrogen-bond donors (Lipinski definition) is 0. The van der Waals surface area contributed by atoms with Gasteiger partial charge in [-0.25, -0.2) is 5.57 Å². The molecule has 0 aromatic heterocycles. The average Bonchev–Trinajstić information content (AvgIpc) is 3.55. The van der Waals surface area contributed by atoms with Crippen LogP contribution in [0.3, 0.4) is 0 Å². The summed E-state index contributed by atoms with van der Waals surface area (Å²) in [6.07, 6.45) is 9.31. The second-order valence-electron chi connectivity index (χ2n) is 14.7. The number of benzene rings is 3. The molecule has 0 heterocycles. The largest absolute Gasteiger partial charge is 0.358 e. The molecule has 3 aromatic rings. The fourth-order valence-corrected chi connectivity index (χ4v) is 5.36. The maximum absolute atomic E-state index is 3.67. The zero-order valence-corrected chi connectivity index (χ0v) is 35.1. The van der Waals surface area contributed by atoms with E-state index in [0.717, 1.165) is 12.8 Å². The van der Waals surface area contributed by atoms with E-state index in [0.29, 0.717) is 11.3 Å². The van der Waals surface area contributed by atoms with Crippen LogP contribution < -0.4 is 0 Å². The van der Waals surface area contributed by atoms with Crippen LogP contribution in [0.15, 0.2) is 71.8 Å². The topological polar surface area (TPSA) is 0 Å². The molecule has 46 heavy (non-hydrogen) atoms. The molecule has 0 spiro atoms. The Morgan fingerprint density at radius 2 is 1.35 bits per heavy atom. The van der Waals surface area contributed by atoms with Crippen molar-refractivity contribution in [3.8, 4) is 11.1 Å². The summed E-state index contributed by atoms with van der Waals surface area (Å²) in [6, 6.07) is 26.0. The van der Waals surface area contributed by atoms with Gasteiger partial charge >= 0.3 is 28.4 Å². The van der Waals surface area contributed by atoms with E-state index in [1.165, 1.54) is 80.7 Å². The second-order valence-corrected chi connectivity index (χ2v) is 14.7. The Balaban J connectivity index is 0. The number of fused-ring (bicyclic) bond motifs is 3. The van der Waals surface area contributed by atoms with Gasteiger partial charge in [0.25, 0.3) is 0 Å². The molecule has 2 aliphatic rings. The molecule has 0 radical (unpaired) electrons. The Kier molecular flexibility index (Phi) is 20.4. The first-order chi connectivity index (χ1) is 20.0. The Hall–Kier alpha value is -1.53. The number of hydrogen-bond acceptors (Lipinski definition) is 0. The predicted octanol–water partition coefficient (Wildman–Crippen LogP) is 12.8. The van der Waals surface area contributed by atoms with Gasteiger partial charge in [0.2, 0.25) is 0 Å². The van der Waals surface area contributed by atoms with Gasteiger partial charge in [-0.1, -0.05) is 131 Å². The Morgan fingerprint density at radius 3 is 1.76 bits per heavy atom. The normalized spacial score (nSPS) is 14.3. The molecule has 0 nitrogen and oxygen atoms in total. The zero-order chi connectivity index (χ0) is 32.6. The monoisotopic (exact) mass is 736 g/mol. The second kappa shape index (κ2) is 20.1. The van der Waals surface area contributed by atoms with Crippen LogP contribution in [0, 0.1) is 43.9 Å². The van der Waals surface area contributed by atoms with Gasteiger partial charge in [0.1, 0.15) is 0 Å². The summed E-state index contributed by atoms with van der Waals surface area (Å²) in [6.45, 7) is 27.0. The molecule has 0 amide bonds. The molecule has 1 atom stereocenters. The van der Waals surface area contributed by atoms with E-state index in [1.54, 1.807) is 0 Å². The van der Waals surface area contributed by atoms with Gasteiger partial charge in [0, 0.05) is 0 Å². The fourth-order valence-electron chi connectivity index (χ4n) is 5.36. The van der Waals surface area contributed by atoms with E-state index < -0.39 is 0 Å². The Morgan fingerprint density at radius 1 is 0.783 bits per heavy atom. The van der Waals surface area contributed by atoms with Crippen LogP contribution in [0.4, 0.5) is 0 Å². The minimum absolute atomic E-state index is 0. The van der Waals surface area contributed by atoms with Gasteiger partial charge in [-0.15, -0.1) is 35.9 Å². The first-order valence-electron chi connectivity index (χ1n) is 15.9. The Labute approximate surface area is 312 Å². The fraction of sp³-hybridized carbons (Fsp3) is 0.442. The summed E-state index contributed by atoms with van der Waals surface area (Å²) in [7, 11) is 0. The van der Waals surface area contributed by atoms with Gasteiger partial charge in [-0.2, -0.15) is 71.3 Å². The van der Waals surface area contributed by atoms with E-state index in [2.05, 4.69) is 142 Å². The van der Waals surface area contributed by atoms with Crippen molar-refractivity contribution in [3.05, 3.63) is 125 Å². The molecule has 5 rings (SSSR count). The molecule has 0 saturated heterocycles. The van der Waals surface area contributed by atoms with Crippen molar-refractivity contribution in [2.75, 3.05) is 0 Å². The molecule has 3 aromatic carbocycles. The van der Waals surface area contributed by atoms with E-state index in [1.807, 2.05) is 24.3 Å². The van der Waals surface area contributed by atoms with Crippen molar-refractivity contribution in [1.82, 2.24) is 0 Å². The molecule has 1 unspecified atom stereocenters. The molecule has 0 saturated carbocycles. The van der Waals surface area contributed by atoms with Crippen molar-refractivity contribution in [3.63, 3.8) is 0 Å². The van der Waals surface area contributed by atoms with Crippen LogP contribution in [0.1, 0.15) is 117 Å². The summed E-state index contributed by atoms with van der Waals surface area (Å²) in [5.41, 5.74) is 13.2. The predicted molar refractivity (Wildman–Crippen MR) is 207 cm³/mol. The number of rotatable bonds is 2. The van der Waals surface area contributed by atoms with E-state index >= 15 is 0 Å². The molecule has 2 aliphatic carbocycles. The van der Waals surface area contributed by atoms with Crippen LogP contribution in [0.2, 0.25) is 0 Å². The summed E-state index contributed by atoms with van der Waals surface area (Å²) in [4.78, 5) is 0. The third-order valence-corrected chi connectivity index (χ3v) is 8.00. The maximum atomic E-state index is 3.67. The minimum atomic E-state index is 0. The molecule has 254 valence electrons. The van der Waals surface area contributed by atoms with E-state index in [9.17, 15) is 0 Å². The molecular formula is C43H60Cl2Zr-4. The average molecular weight is 739 g/mol. The van der Waals surface area contributed by atoms with Gasteiger partial charge in [-0.05, 0) is 28.4 Å². The number of halogens is 2. The number of aryl methyl sites for hydroxylation is 1. The quantitative estimate of drug-likeness (QED) is 0.180. The molecule has 3 heteroatoms. The first-order valence-corrected chi connectivity index (χ1v) is 17.6. The Bertz CT molecular complexity index is 1330. The van der Waals surface area contributed by atoms with Crippen LogP contribution in [-0.2, 0) is 41.5 Å². The van der Waals surface area contributed by atoms with E-state index in [4.69, 9.17) is 0 Å². The SMILES string of the molecule is CC(C)(C)c1[c-]c2c(cc1)-c1ccc(C(C)(C)C)cc1C2.CCC1=[C-]C(CC)C=C1C(C)(C)C.Cc1cc[c-]cc1.Cl.Cl.[CH2]=[Zr].[CH3-]. The third kappa shape index (κ3) is 13.2. The van der Waals surface area contributed by atoms with E-state index in [-0.39, 0.29) is 43.1 Å². The molecular weight excluding hydrogens is 679 g/mol. The van der Waals surface area contributed by atoms with Crippen molar-refractivity contribution in [1.29, 1.82) is 0 Å². The first kappa shape index (κ1) is 46.6. The van der Waals surface area contributed by atoms with Gasteiger partial charge in [0.05, 0.1) is 0 Å². The zero-order valence-electron chi connectivity index (χ0n) is 31.0. The van der Waals surface area contributed by atoms with Gasteiger partial charge in [-0.3, -0.25) is 6.08 Å². The van der Waals surface area contributed by atoms with Crippen LogP contribution in [-0.4, -0.2) is 4.21 Å². The van der Waals surface area contributed by atoms with Crippen LogP contribution in [0.25, 0.3) is 11.1 Å². The van der Waals surface area contributed by atoms with Crippen molar-refractivity contribution in [2.45, 2.75) is 113 Å². The molecule has 0 fully saturated rings. The van der Waals surface area contributed by atoms with Crippen molar-refractivity contribution < 1.29 is 24.2 Å². The van der Waals surface area contributed by atoms with Gasteiger partial charge < -0.3 is 7.43 Å². The molecule has 0 bridgehead atoms. The van der Waals surface area contributed by atoms with Crippen LogP contribution >= 0.6 is 24.8 Å². The third-order valence-electron chi connectivity index (χ3n) is 8.00. The maximum Gasteiger partial charge on any atom is -0.358 e. The summed E-state index contributed by atoms with van der Waals surface area (Å²) >= 11 is 1.30. The number of allylic oxidation sites excluding steroid dienone is 4.